The van der Waals surface area contributed by atoms with Crippen molar-refractivity contribution in [3.63, 3.8) is 0 Å². The zero-order valence-corrected chi connectivity index (χ0v) is 14.9. The van der Waals surface area contributed by atoms with E-state index in [-0.39, 0.29) is 0 Å². The van der Waals surface area contributed by atoms with Crippen molar-refractivity contribution in [2.45, 2.75) is 31.9 Å². The molecule has 1 atom stereocenters. The van der Waals surface area contributed by atoms with Crippen LogP contribution in [0.4, 0.5) is 0 Å². The Morgan fingerprint density at radius 3 is 2.52 bits per heavy atom. The highest BCUT2D eigenvalue weighted by Crippen LogP contribution is 2.42. The van der Waals surface area contributed by atoms with Gasteiger partial charge in [0.25, 0.3) is 0 Å². The second-order valence-electron chi connectivity index (χ2n) is 7.27. The molecule has 25 heavy (non-hydrogen) atoms. The van der Waals surface area contributed by atoms with E-state index in [1.54, 1.807) is 0 Å². The van der Waals surface area contributed by atoms with E-state index in [0.717, 1.165) is 37.8 Å². The Morgan fingerprint density at radius 2 is 1.80 bits per heavy atom. The predicted molar refractivity (Wildman–Crippen MR) is 102 cm³/mol. The van der Waals surface area contributed by atoms with E-state index in [1.807, 2.05) is 6.07 Å². The SMILES string of the molecule is c1ccc(COc2cccc([C@H](C3CCC3)N3CCNCC3)c2)cc1. The summed E-state index contributed by atoms with van der Waals surface area (Å²) >= 11 is 0. The maximum absolute atomic E-state index is 6.07. The molecule has 1 N–H and O–H groups in total. The fourth-order valence-corrected chi connectivity index (χ4v) is 4.03. The van der Waals surface area contributed by atoms with Crippen LogP contribution in [0.25, 0.3) is 0 Å². The number of hydrogen-bond donors (Lipinski definition) is 1. The van der Waals surface area contributed by atoms with Crippen LogP contribution in [0.2, 0.25) is 0 Å². The highest BCUT2D eigenvalue weighted by atomic mass is 16.5. The lowest BCUT2D eigenvalue weighted by molar-refractivity contribution is 0.0835. The van der Waals surface area contributed by atoms with E-state index in [1.165, 1.54) is 30.4 Å². The third kappa shape index (κ3) is 4.05. The lowest BCUT2D eigenvalue weighted by atomic mass is 9.76. The van der Waals surface area contributed by atoms with Gasteiger partial charge in [0.1, 0.15) is 12.4 Å². The summed E-state index contributed by atoms with van der Waals surface area (Å²) in [7, 11) is 0. The quantitative estimate of drug-likeness (QED) is 0.862. The number of piperazine rings is 1. The van der Waals surface area contributed by atoms with Crippen LogP contribution in [0, 0.1) is 5.92 Å². The van der Waals surface area contributed by atoms with Gasteiger partial charge in [0.2, 0.25) is 0 Å². The number of ether oxygens (including phenoxy) is 1. The highest BCUT2D eigenvalue weighted by molar-refractivity contribution is 5.32. The standard InChI is InChI=1S/C22H28N2O/c1-2-6-18(7-3-1)17-25-21-11-5-10-20(16-21)22(19-8-4-9-19)24-14-12-23-13-15-24/h1-3,5-7,10-11,16,19,22-23H,4,8-9,12-15,17H2/t22-/m0/s1. The molecular formula is C22H28N2O. The molecule has 4 rings (SSSR count). The smallest absolute Gasteiger partial charge is 0.120 e. The monoisotopic (exact) mass is 336 g/mol. The summed E-state index contributed by atoms with van der Waals surface area (Å²) in [5, 5.41) is 3.48. The molecule has 1 heterocycles. The van der Waals surface area contributed by atoms with Crippen molar-refractivity contribution in [2.75, 3.05) is 26.2 Å². The summed E-state index contributed by atoms with van der Waals surface area (Å²) in [6.07, 6.45) is 4.12. The first-order valence-corrected chi connectivity index (χ1v) is 9.61. The molecule has 0 bridgehead atoms. The lowest BCUT2D eigenvalue weighted by Crippen LogP contribution is -2.47. The summed E-state index contributed by atoms with van der Waals surface area (Å²) in [4.78, 5) is 2.68. The van der Waals surface area contributed by atoms with Crippen LogP contribution in [-0.4, -0.2) is 31.1 Å². The summed E-state index contributed by atoms with van der Waals surface area (Å²) in [5.41, 5.74) is 2.64. The number of hydrogen-bond acceptors (Lipinski definition) is 3. The molecule has 2 aliphatic rings. The maximum atomic E-state index is 6.07. The van der Waals surface area contributed by atoms with E-state index in [9.17, 15) is 0 Å². The summed E-state index contributed by atoms with van der Waals surface area (Å²) < 4.78 is 6.07. The number of benzene rings is 2. The van der Waals surface area contributed by atoms with E-state index in [2.05, 4.69) is 58.7 Å². The molecule has 2 aromatic carbocycles. The second-order valence-corrected chi connectivity index (χ2v) is 7.27. The Balaban J connectivity index is 1.49. The van der Waals surface area contributed by atoms with Gasteiger partial charge in [-0.3, -0.25) is 4.90 Å². The van der Waals surface area contributed by atoms with Crippen molar-refractivity contribution in [3.05, 3.63) is 65.7 Å². The zero-order chi connectivity index (χ0) is 16.9. The normalized spacial score (nSPS) is 20.0. The molecule has 3 heteroatoms. The van der Waals surface area contributed by atoms with Crippen LogP contribution in [0.3, 0.4) is 0 Å². The fourth-order valence-electron chi connectivity index (χ4n) is 4.03. The van der Waals surface area contributed by atoms with E-state index >= 15 is 0 Å². The molecular weight excluding hydrogens is 308 g/mol. The van der Waals surface area contributed by atoms with Gasteiger partial charge < -0.3 is 10.1 Å². The average molecular weight is 336 g/mol. The first kappa shape index (κ1) is 16.6. The molecule has 3 nitrogen and oxygen atoms in total. The number of nitrogens with one attached hydrogen (secondary N) is 1. The number of nitrogens with zero attached hydrogens (tertiary/aromatic N) is 1. The van der Waals surface area contributed by atoms with Gasteiger partial charge in [-0.2, -0.15) is 0 Å². The molecule has 0 spiro atoms. The van der Waals surface area contributed by atoms with Gasteiger partial charge in [-0.25, -0.2) is 0 Å². The molecule has 0 aromatic heterocycles. The van der Waals surface area contributed by atoms with Gasteiger partial charge in [-0.15, -0.1) is 0 Å². The molecule has 1 aliphatic carbocycles. The van der Waals surface area contributed by atoms with Gasteiger partial charge in [-0.05, 0) is 42.0 Å². The first-order valence-electron chi connectivity index (χ1n) is 9.61. The van der Waals surface area contributed by atoms with E-state index < -0.39 is 0 Å². The summed E-state index contributed by atoms with van der Waals surface area (Å²) in [5.74, 6) is 1.79. The Morgan fingerprint density at radius 1 is 1.00 bits per heavy atom. The highest BCUT2D eigenvalue weighted by Gasteiger charge is 2.33. The van der Waals surface area contributed by atoms with Crippen LogP contribution in [0.1, 0.15) is 36.4 Å². The molecule has 0 unspecified atom stereocenters. The second kappa shape index (κ2) is 8.03. The van der Waals surface area contributed by atoms with Gasteiger partial charge in [-0.1, -0.05) is 48.9 Å². The van der Waals surface area contributed by atoms with Crippen LogP contribution >= 0.6 is 0 Å². The minimum Gasteiger partial charge on any atom is -0.489 e. The van der Waals surface area contributed by atoms with Crippen molar-refractivity contribution in [3.8, 4) is 5.75 Å². The molecule has 1 aliphatic heterocycles. The van der Waals surface area contributed by atoms with E-state index in [4.69, 9.17) is 4.74 Å². The van der Waals surface area contributed by atoms with Crippen molar-refractivity contribution < 1.29 is 4.74 Å². The third-order valence-corrected chi connectivity index (χ3v) is 5.59. The number of rotatable bonds is 6. The third-order valence-electron chi connectivity index (χ3n) is 5.59. The predicted octanol–water partition coefficient (Wildman–Crippen LogP) is 4.01. The summed E-state index contributed by atoms with van der Waals surface area (Å²) in [6.45, 7) is 5.14. The van der Waals surface area contributed by atoms with E-state index in [0.29, 0.717) is 12.6 Å². The van der Waals surface area contributed by atoms with Crippen molar-refractivity contribution in [1.82, 2.24) is 10.2 Å². The molecule has 2 aromatic rings. The van der Waals surface area contributed by atoms with Crippen molar-refractivity contribution >= 4 is 0 Å². The fraction of sp³-hybridized carbons (Fsp3) is 0.455. The maximum Gasteiger partial charge on any atom is 0.120 e. The van der Waals surface area contributed by atoms with Crippen LogP contribution in [-0.2, 0) is 6.61 Å². The molecule has 132 valence electrons. The van der Waals surface area contributed by atoms with Crippen molar-refractivity contribution in [1.29, 1.82) is 0 Å². The van der Waals surface area contributed by atoms with Crippen LogP contribution < -0.4 is 10.1 Å². The van der Waals surface area contributed by atoms with Crippen LogP contribution in [0.5, 0.6) is 5.75 Å². The molecule has 0 radical (unpaired) electrons. The van der Waals surface area contributed by atoms with Crippen LogP contribution in [0.15, 0.2) is 54.6 Å². The average Bonchev–Trinajstić information content (AvgIpc) is 2.65. The first-order chi connectivity index (χ1) is 12.4. The van der Waals surface area contributed by atoms with Gasteiger partial charge in [0, 0.05) is 32.2 Å². The topological polar surface area (TPSA) is 24.5 Å². The van der Waals surface area contributed by atoms with Gasteiger partial charge in [0.15, 0.2) is 0 Å². The molecule has 0 amide bonds. The Bertz CT molecular complexity index is 663. The minimum absolute atomic E-state index is 0.552. The molecule has 1 saturated carbocycles. The van der Waals surface area contributed by atoms with Crippen molar-refractivity contribution in [2.24, 2.45) is 5.92 Å². The minimum atomic E-state index is 0.552. The largest absolute Gasteiger partial charge is 0.489 e. The summed E-state index contributed by atoms with van der Waals surface area (Å²) in [6, 6.07) is 19.7. The Kier molecular flexibility index (Phi) is 5.34. The molecule has 2 fully saturated rings. The Labute approximate surface area is 151 Å². The molecule has 1 saturated heterocycles. The van der Waals surface area contributed by atoms with Gasteiger partial charge >= 0.3 is 0 Å². The van der Waals surface area contributed by atoms with Gasteiger partial charge in [0.05, 0.1) is 0 Å². The lowest BCUT2D eigenvalue weighted by Gasteiger charge is -2.43. The Hall–Kier alpha value is -1.84. The zero-order valence-electron chi connectivity index (χ0n) is 14.9.